The van der Waals surface area contributed by atoms with Gasteiger partial charge in [0.15, 0.2) is 0 Å². The van der Waals surface area contributed by atoms with Crippen molar-refractivity contribution in [1.82, 2.24) is 9.80 Å². The van der Waals surface area contributed by atoms with E-state index in [2.05, 4.69) is 55.0 Å². The predicted octanol–water partition coefficient (Wildman–Crippen LogP) is 1.88. The lowest BCUT2D eigenvalue weighted by Crippen LogP contribution is -2.49. The number of benzene rings is 1. The lowest BCUT2D eigenvalue weighted by atomic mass is 10.00. The van der Waals surface area contributed by atoms with E-state index in [0.29, 0.717) is 12.0 Å². The van der Waals surface area contributed by atoms with E-state index in [9.17, 15) is 0 Å². The van der Waals surface area contributed by atoms with Gasteiger partial charge in [0.25, 0.3) is 0 Å². The van der Waals surface area contributed by atoms with Gasteiger partial charge in [0.2, 0.25) is 0 Å². The predicted molar refractivity (Wildman–Crippen MR) is 81.3 cm³/mol. The number of rotatable bonds is 4. The van der Waals surface area contributed by atoms with E-state index in [1.54, 1.807) is 0 Å². The molecule has 1 aromatic rings. The van der Waals surface area contributed by atoms with Crippen LogP contribution in [0.1, 0.15) is 30.9 Å². The molecule has 1 fully saturated rings. The van der Waals surface area contributed by atoms with Crippen LogP contribution in [-0.2, 0) is 6.54 Å². The van der Waals surface area contributed by atoms with E-state index in [4.69, 9.17) is 5.73 Å². The van der Waals surface area contributed by atoms with Gasteiger partial charge in [-0.3, -0.25) is 4.90 Å². The second-order valence-corrected chi connectivity index (χ2v) is 5.94. The summed E-state index contributed by atoms with van der Waals surface area (Å²) in [4.78, 5) is 4.98. The van der Waals surface area contributed by atoms with Gasteiger partial charge in [-0.2, -0.15) is 0 Å². The largest absolute Gasteiger partial charge is 0.330 e. The van der Waals surface area contributed by atoms with Gasteiger partial charge in [0.1, 0.15) is 0 Å². The Hall–Kier alpha value is -0.900. The molecule has 1 saturated heterocycles. The molecule has 0 aromatic heterocycles. The first-order valence-electron chi connectivity index (χ1n) is 7.31. The maximum Gasteiger partial charge on any atom is 0.0234 e. The van der Waals surface area contributed by atoms with Gasteiger partial charge >= 0.3 is 0 Å². The second kappa shape index (κ2) is 6.51. The van der Waals surface area contributed by atoms with Gasteiger partial charge < -0.3 is 10.6 Å². The smallest absolute Gasteiger partial charge is 0.0234 e. The van der Waals surface area contributed by atoms with E-state index in [1.165, 1.54) is 24.2 Å². The van der Waals surface area contributed by atoms with Crippen LogP contribution in [0.2, 0.25) is 0 Å². The fourth-order valence-electron chi connectivity index (χ4n) is 2.61. The lowest BCUT2D eigenvalue weighted by Gasteiger charge is -2.37. The minimum atomic E-state index is 0.456. The summed E-state index contributed by atoms with van der Waals surface area (Å²) in [6.07, 6.45) is 0. The topological polar surface area (TPSA) is 32.5 Å². The Morgan fingerprint density at radius 1 is 1.26 bits per heavy atom. The van der Waals surface area contributed by atoms with Crippen molar-refractivity contribution in [2.45, 2.75) is 32.4 Å². The number of nitrogens with zero attached hydrogens (tertiary/aromatic N) is 2. The summed E-state index contributed by atoms with van der Waals surface area (Å²) in [5.74, 6) is 0.456. The molecule has 2 N–H and O–H groups in total. The summed E-state index contributed by atoms with van der Waals surface area (Å²) >= 11 is 0. The van der Waals surface area contributed by atoms with Crippen LogP contribution in [0.25, 0.3) is 0 Å². The van der Waals surface area contributed by atoms with Crippen LogP contribution in [0.15, 0.2) is 24.3 Å². The van der Waals surface area contributed by atoms with Crippen molar-refractivity contribution in [2.75, 3.05) is 33.2 Å². The molecular formula is C16H27N3. The number of piperazine rings is 1. The van der Waals surface area contributed by atoms with Crippen molar-refractivity contribution in [3.05, 3.63) is 35.4 Å². The molecule has 2 atom stereocenters. The SMILES string of the molecule is CC(CN)c1ccc(CN2CCN(C)C(C)C2)cc1. The normalized spacial score (nSPS) is 23.5. The van der Waals surface area contributed by atoms with E-state index < -0.39 is 0 Å². The van der Waals surface area contributed by atoms with Gasteiger partial charge in [0, 0.05) is 32.2 Å². The summed E-state index contributed by atoms with van der Waals surface area (Å²) in [6.45, 7) is 9.77. The minimum absolute atomic E-state index is 0.456. The highest BCUT2D eigenvalue weighted by Crippen LogP contribution is 2.16. The number of nitrogens with two attached hydrogens (primary N) is 1. The molecule has 1 aliphatic rings. The van der Waals surface area contributed by atoms with Crippen LogP contribution < -0.4 is 5.73 Å². The van der Waals surface area contributed by atoms with Gasteiger partial charge in [-0.25, -0.2) is 0 Å². The Bertz CT molecular complexity index is 387. The van der Waals surface area contributed by atoms with Crippen molar-refractivity contribution in [2.24, 2.45) is 5.73 Å². The third kappa shape index (κ3) is 3.78. The third-order valence-corrected chi connectivity index (χ3v) is 4.35. The van der Waals surface area contributed by atoms with Gasteiger partial charge in [-0.1, -0.05) is 31.2 Å². The molecular weight excluding hydrogens is 234 g/mol. The second-order valence-electron chi connectivity index (χ2n) is 5.94. The molecule has 0 radical (unpaired) electrons. The van der Waals surface area contributed by atoms with Gasteiger partial charge in [-0.05, 0) is 37.6 Å². The average Bonchev–Trinajstić information content (AvgIpc) is 2.43. The zero-order valence-electron chi connectivity index (χ0n) is 12.5. The Balaban J connectivity index is 1.93. The lowest BCUT2D eigenvalue weighted by molar-refractivity contribution is 0.1000. The quantitative estimate of drug-likeness (QED) is 0.898. The standard InChI is InChI=1S/C16H27N3/c1-13(10-17)16-6-4-15(5-7-16)12-19-9-8-18(3)14(2)11-19/h4-7,13-14H,8-12,17H2,1-3H3. The van der Waals surface area contributed by atoms with Gasteiger partial charge in [0.05, 0.1) is 0 Å². The molecule has 3 heteroatoms. The molecule has 0 aliphatic carbocycles. The molecule has 2 rings (SSSR count). The number of likely N-dealkylation sites (N-methyl/N-ethyl adjacent to an activating group) is 1. The van der Waals surface area contributed by atoms with Crippen LogP contribution in [0.3, 0.4) is 0 Å². The summed E-state index contributed by atoms with van der Waals surface area (Å²) < 4.78 is 0. The molecule has 1 aromatic carbocycles. The first-order chi connectivity index (χ1) is 9.10. The highest BCUT2D eigenvalue weighted by atomic mass is 15.3. The van der Waals surface area contributed by atoms with E-state index in [0.717, 1.165) is 19.6 Å². The first kappa shape index (κ1) is 14.5. The molecule has 106 valence electrons. The summed E-state index contributed by atoms with van der Waals surface area (Å²) in [5, 5.41) is 0. The molecule has 1 aliphatic heterocycles. The highest BCUT2D eigenvalue weighted by molar-refractivity contribution is 5.25. The molecule has 19 heavy (non-hydrogen) atoms. The van der Waals surface area contributed by atoms with Crippen molar-refractivity contribution in [1.29, 1.82) is 0 Å². The molecule has 0 spiro atoms. The maximum absolute atomic E-state index is 5.71. The van der Waals surface area contributed by atoms with E-state index in [1.807, 2.05) is 0 Å². The first-order valence-corrected chi connectivity index (χ1v) is 7.31. The average molecular weight is 261 g/mol. The Morgan fingerprint density at radius 2 is 1.95 bits per heavy atom. The monoisotopic (exact) mass is 261 g/mol. The van der Waals surface area contributed by atoms with E-state index >= 15 is 0 Å². The fraction of sp³-hybridized carbons (Fsp3) is 0.625. The third-order valence-electron chi connectivity index (χ3n) is 4.35. The van der Waals surface area contributed by atoms with Crippen LogP contribution >= 0.6 is 0 Å². The molecule has 0 saturated carbocycles. The Kier molecular flexibility index (Phi) is 4.97. The van der Waals surface area contributed by atoms with Crippen LogP contribution in [0, 0.1) is 0 Å². The van der Waals surface area contributed by atoms with Crippen molar-refractivity contribution >= 4 is 0 Å². The Morgan fingerprint density at radius 3 is 2.53 bits per heavy atom. The van der Waals surface area contributed by atoms with Crippen molar-refractivity contribution < 1.29 is 0 Å². The summed E-state index contributed by atoms with van der Waals surface area (Å²) in [7, 11) is 2.21. The fourth-order valence-corrected chi connectivity index (χ4v) is 2.61. The molecule has 0 amide bonds. The molecule has 1 heterocycles. The van der Waals surface area contributed by atoms with Gasteiger partial charge in [-0.15, -0.1) is 0 Å². The van der Waals surface area contributed by atoms with Crippen LogP contribution in [0.5, 0.6) is 0 Å². The molecule has 0 bridgehead atoms. The minimum Gasteiger partial charge on any atom is -0.330 e. The van der Waals surface area contributed by atoms with Crippen LogP contribution in [-0.4, -0.2) is 49.1 Å². The summed E-state index contributed by atoms with van der Waals surface area (Å²) in [6, 6.07) is 9.62. The van der Waals surface area contributed by atoms with Crippen LogP contribution in [0.4, 0.5) is 0 Å². The zero-order chi connectivity index (χ0) is 13.8. The highest BCUT2D eigenvalue weighted by Gasteiger charge is 2.20. The van der Waals surface area contributed by atoms with E-state index in [-0.39, 0.29) is 0 Å². The molecule has 2 unspecified atom stereocenters. The Labute approximate surface area is 117 Å². The molecule has 3 nitrogen and oxygen atoms in total. The zero-order valence-corrected chi connectivity index (χ0v) is 12.5. The van der Waals surface area contributed by atoms with Crippen molar-refractivity contribution in [3.63, 3.8) is 0 Å². The maximum atomic E-state index is 5.71. The number of hydrogen-bond donors (Lipinski definition) is 1. The van der Waals surface area contributed by atoms with Crippen molar-refractivity contribution in [3.8, 4) is 0 Å². The summed E-state index contributed by atoms with van der Waals surface area (Å²) in [5.41, 5.74) is 8.46. The number of hydrogen-bond acceptors (Lipinski definition) is 3.